The van der Waals surface area contributed by atoms with Crippen LogP contribution in [0.5, 0.6) is 0 Å². The molecule has 0 aliphatic heterocycles. The molecule has 0 bridgehead atoms. The summed E-state index contributed by atoms with van der Waals surface area (Å²) in [5, 5.41) is 25.4. The molecule has 3 aromatic rings. The number of amides is 1. The van der Waals surface area contributed by atoms with Gasteiger partial charge < -0.3 is 20.8 Å². The van der Waals surface area contributed by atoms with Crippen LogP contribution in [0.15, 0.2) is 78.9 Å². The first kappa shape index (κ1) is 21.4. The minimum absolute atomic E-state index is 0.0662. The van der Waals surface area contributed by atoms with Crippen LogP contribution in [0.2, 0.25) is 0 Å². The van der Waals surface area contributed by atoms with Gasteiger partial charge in [-0.05, 0) is 29.8 Å². The number of thioether (sulfide) groups is 1. The van der Waals surface area contributed by atoms with Crippen LogP contribution in [0, 0.1) is 0 Å². The first-order valence-corrected chi connectivity index (χ1v) is 10.5. The second-order valence-electron chi connectivity index (χ2n) is 6.55. The summed E-state index contributed by atoms with van der Waals surface area (Å²) in [5.74, 6) is -0.155. The van der Waals surface area contributed by atoms with Gasteiger partial charge in [-0.2, -0.15) is 0 Å². The molecule has 0 spiro atoms. The quantitative estimate of drug-likeness (QED) is 0.383. The molecule has 0 saturated carbocycles. The second kappa shape index (κ2) is 10.5. The van der Waals surface area contributed by atoms with Crippen molar-refractivity contribution in [3.63, 3.8) is 0 Å². The Hall–Kier alpha value is -3.29. The molecule has 1 atom stereocenters. The molecule has 1 unspecified atom stereocenters. The lowest BCUT2D eigenvalue weighted by atomic mass is 10.1. The number of aromatic carboxylic acids is 1. The molecule has 0 heterocycles. The zero-order valence-corrected chi connectivity index (χ0v) is 16.9. The zero-order valence-electron chi connectivity index (χ0n) is 16.1. The summed E-state index contributed by atoms with van der Waals surface area (Å²) >= 11 is 1.52. The van der Waals surface area contributed by atoms with Crippen molar-refractivity contribution in [2.24, 2.45) is 0 Å². The standard InChI is InChI=1S/C23H22N2O4S/c26-21(15-30-14-16-7-2-1-3-8-16)24-18-10-6-9-17(13-18)22(27)25-20-12-5-4-11-19(20)23(28)29/h1-13,22,25,27H,14-15H2,(H,24,26)(H,28,29). The molecule has 0 fully saturated rings. The van der Waals surface area contributed by atoms with Crippen molar-refractivity contribution in [3.8, 4) is 0 Å². The van der Waals surface area contributed by atoms with E-state index in [1.165, 1.54) is 17.8 Å². The number of carbonyl (C=O) groups excluding carboxylic acids is 1. The summed E-state index contributed by atoms with van der Waals surface area (Å²) in [6.07, 6.45) is -1.13. The highest BCUT2D eigenvalue weighted by atomic mass is 32.2. The molecule has 0 radical (unpaired) electrons. The smallest absolute Gasteiger partial charge is 0.337 e. The number of aliphatic hydroxyl groups excluding tert-OH is 1. The van der Waals surface area contributed by atoms with Crippen LogP contribution >= 0.6 is 11.8 Å². The van der Waals surface area contributed by atoms with Gasteiger partial charge in [0.2, 0.25) is 5.91 Å². The van der Waals surface area contributed by atoms with Gasteiger partial charge in [0.05, 0.1) is 17.0 Å². The summed E-state index contributed by atoms with van der Waals surface area (Å²) in [7, 11) is 0. The van der Waals surface area contributed by atoms with E-state index in [0.29, 0.717) is 22.7 Å². The van der Waals surface area contributed by atoms with E-state index in [-0.39, 0.29) is 11.5 Å². The maximum atomic E-state index is 12.2. The molecule has 7 heteroatoms. The van der Waals surface area contributed by atoms with E-state index in [1.54, 1.807) is 42.5 Å². The Morgan fingerprint density at radius 2 is 1.67 bits per heavy atom. The molecule has 0 aliphatic carbocycles. The van der Waals surface area contributed by atoms with E-state index in [4.69, 9.17) is 0 Å². The largest absolute Gasteiger partial charge is 0.478 e. The second-order valence-corrected chi connectivity index (χ2v) is 7.54. The number of carbonyl (C=O) groups is 2. The summed E-state index contributed by atoms with van der Waals surface area (Å²) in [4.78, 5) is 23.5. The molecule has 3 aromatic carbocycles. The molecule has 0 saturated heterocycles. The van der Waals surface area contributed by atoms with E-state index in [1.807, 2.05) is 30.3 Å². The van der Waals surface area contributed by atoms with Crippen LogP contribution in [0.1, 0.15) is 27.7 Å². The van der Waals surface area contributed by atoms with Crippen molar-refractivity contribution >= 4 is 35.0 Å². The zero-order chi connectivity index (χ0) is 21.3. The number of benzene rings is 3. The SMILES string of the molecule is O=C(CSCc1ccccc1)Nc1cccc(C(O)Nc2ccccc2C(=O)O)c1. The number of anilines is 2. The lowest BCUT2D eigenvalue weighted by Crippen LogP contribution is -2.16. The Balaban J connectivity index is 1.57. The third-order valence-electron chi connectivity index (χ3n) is 4.28. The molecular formula is C23H22N2O4S. The predicted molar refractivity (Wildman–Crippen MR) is 120 cm³/mol. The monoisotopic (exact) mass is 422 g/mol. The van der Waals surface area contributed by atoms with Crippen molar-refractivity contribution in [2.45, 2.75) is 12.0 Å². The molecule has 4 N–H and O–H groups in total. The van der Waals surface area contributed by atoms with Crippen LogP contribution < -0.4 is 10.6 Å². The maximum Gasteiger partial charge on any atom is 0.337 e. The third-order valence-corrected chi connectivity index (χ3v) is 5.28. The van der Waals surface area contributed by atoms with Gasteiger partial charge in [-0.25, -0.2) is 4.79 Å². The molecule has 3 rings (SSSR count). The number of hydrogen-bond donors (Lipinski definition) is 4. The Morgan fingerprint density at radius 3 is 2.43 bits per heavy atom. The number of para-hydroxylation sites is 1. The van der Waals surface area contributed by atoms with Crippen molar-refractivity contribution in [2.75, 3.05) is 16.4 Å². The number of carboxylic acids is 1. The number of carboxylic acid groups (broad SMARTS) is 1. The highest BCUT2D eigenvalue weighted by molar-refractivity contribution is 7.99. The van der Waals surface area contributed by atoms with E-state index < -0.39 is 12.2 Å². The fourth-order valence-electron chi connectivity index (χ4n) is 2.85. The van der Waals surface area contributed by atoms with Gasteiger partial charge in [-0.15, -0.1) is 11.8 Å². The molecule has 0 aliphatic rings. The van der Waals surface area contributed by atoms with Crippen LogP contribution in [0.4, 0.5) is 11.4 Å². The maximum absolute atomic E-state index is 12.2. The highest BCUT2D eigenvalue weighted by Gasteiger charge is 2.14. The Kier molecular flexibility index (Phi) is 7.48. The van der Waals surface area contributed by atoms with E-state index in [2.05, 4.69) is 10.6 Å². The van der Waals surface area contributed by atoms with Crippen LogP contribution in [0.25, 0.3) is 0 Å². The Labute approximate surface area is 179 Å². The van der Waals surface area contributed by atoms with Crippen molar-refractivity contribution < 1.29 is 19.8 Å². The van der Waals surface area contributed by atoms with Crippen molar-refractivity contribution in [1.82, 2.24) is 0 Å². The highest BCUT2D eigenvalue weighted by Crippen LogP contribution is 2.23. The topological polar surface area (TPSA) is 98.7 Å². The third kappa shape index (κ3) is 6.10. The molecule has 6 nitrogen and oxygen atoms in total. The Morgan fingerprint density at radius 1 is 0.933 bits per heavy atom. The first-order chi connectivity index (χ1) is 14.5. The lowest BCUT2D eigenvalue weighted by molar-refractivity contribution is -0.113. The molecule has 0 aromatic heterocycles. The first-order valence-electron chi connectivity index (χ1n) is 9.31. The van der Waals surface area contributed by atoms with E-state index in [9.17, 15) is 19.8 Å². The normalized spacial score (nSPS) is 11.5. The minimum atomic E-state index is -1.13. The summed E-state index contributed by atoms with van der Waals surface area (Å²) < 4.78 is 0. The fourth-order valence-corrected chi connectivity index (χ4v) is 3.63. The van der Waals surface area contributed by atoms with Gasteiger partial charge >= 0.3 is 5.97 Å². The number of rotatable bonds is 9. The van der Waals surface area contributed by atoms with Gasteiger partial charge in [0.25, 0.3) is 0 Å². The summed E-state index contributed by atoms with van der Waals surface area (Å²) in [5.41, 5.74) is 2.60. The van der Waals surface area contributed by atoms with Gasteiger partial charge in [0, 0.05) is 17.0 Å². The number of hydrogen-bond acceptors (Lipinski definition) is 5. The van der Waals surface area contributed by atoms with Crippen molar-refractivity contribution in [3.05, 3.63) is 95.6 Å². The average Bonchev–Trinajstić information content (AvgIpc) is 2.75. The predicted octanol–water partition coefficient (Wildman–Crippen LogP) is 4.36. The fraction of sp³-hybridized carbons (Fsp3) is 0.130. The van der Waals surface area contributed by atoms with Gasteiger partial charge in [0.1, 0.15) is 0 Å². The van der Waals surface area contributed by atoms with E-state index >= 15 is 0 Å². The van der Waals surface area contributed by atoms with Gasteiger partial charge in [0.15, 0.2) is 6.23 Å². The number of aliphatic hydroxyl groups is 1. The lowest BCUT2D eigenvalue weighted by Gasteiger charge is -2.17. The van der Waals surface area contributed by atoms with Crippen LogP contribution in [-0.4, -0.2) is 27.8 Å². The van der Waals surface area contributed by atoms with E-state index in [0.717, 1.165) is 11.3 Å². The molecular weight excluding hydrogens is 400 g/mol. The molecule has 1 amide bonds. The minimum Gasteiger partial charge on any atom is -0.478 e. The molecule has 154 valence electrons. The van der Waals surface area contributed by atoms with Gasteiger partial charge in [-0.1, -0.05) is 54.6 Å². The number of nitrogens with one attached hydrogen (secondary N) is 2. The van der Waals surface area contributed by atoms with Crippen LogP contribution in [0.3, 0.4) is 0 Å². The summed E-state index contributed by atoms with van der Waals surface area (Å²) in [6, 6.07) is 23.1. The Bertz CT molecular complexity index is 1010. The molecule has 30 heavy (non-hydrogen) atoms. The average molecular weight is 423 g/mol. The summed E-state index contributed by atoms with van der Waals surface area (Å²) in [6.45, 7) is 0. The van der Waals surface area contributed by atoms with Crippen LogP contribution in [-0.2, 0) is 10.5 Å². The van der Waals surface area contributed by atoms with Crippen molar-refractivity contribution in [1.29, 1.82) is 0 Å². The van der Waals surface area contributed by atoms with Gasteiger partial charge in [-0.3, -0.25) is 4.79 Å².